The van der Waals surface area contributed by atoms with Gasteiger partial charge in [-0.15, -0.1) is 0 Å². The molecule has 1 aromatic carbocycles. The number of carbonyl (C=O) groups is 2. The third-order valence-corrected chi connectivity index (χ3v) is 3.24. The highest BCUT2D eigenvalue weighted by molar-refractivity contribution is 5.93. The summed E-state index contributed by atoms with van der Waals surface area (Å²) in [5.41, 5.74) is 1.86. The molecule has 0 bridgehead atoms. The zero-order valence-electron chi connectivity index (χ0n) is 11.7. The van der Waals surface area contributed by atoms with E-state index in [1.54, 1.807) is 17.0 Å². The van der Waals surface area contributed by atoms with E-state index in [1.807, 2.05) is 30.3 Å². The number of aliphatic hydroxyl groups is 1. The van der Waals surface area contributed by atoms with Gasteiger partial charge in [-0.1, -0.05) is 30.3 Å². The van der Waals surface area contributed by atoms with Crippen LogP contribution in [0.2, 0.25) is 0 Å². The normalized spacial score (nSPS) is 10.3. The minimum atomic E-state index is -0.215. The number of amides is 1. The van der Waals surface area contributed by atoms with E-state index >= 15 is 0 Å². The molecule has 0 fully saturated rings. The molecule has 0 spiro atoms. The van der Waals surface area contributed by atoms with Crippen molar-refractivity contribution in [1.29, 1.82) is 0 Å². The molecular formula is C16H18N2O3. The van der Waals surface area contributed by atoms with Crippen LogP contribution in [0.5, 0.6) is 0 Å². The lowest BCUT2D eigenvalue weighted by Gasteiger charge is -2.21. The number of hydrogen-bond acceptors (Lipinski definition) is 3. The fourth-order valence-corrected chi connectivity index (χ4v) is 2.12. The van der Waals surface area contributed by atoms with Gasteiger partial charge in [0.15, 0.2) is 6.29 Å². The van der Waals surface area contributed by atoms with Crippen molar-refractivity contribution in [1.82, 2.24) is 9.88 Å². The van der Waals surface area contributed by atoms with Crippen LogP contribution in [0.4, 0.5) is 0 Å². The van der Waals surface area contributed by atoms with E-state index in [2.05, 4.69) is 4.98 Å². The summed E-state index contributed by atoms with van der Waals surface area (Å²) >= 11 is 0. The van der Waals surface area contributed by atoms with Crippen LogP contribution in [-0.4, -0.2) is 46.9 Å². The molecule has 0 atom stereocenters. The summed E-state index contributed by atoms with van der Waals surface area (Å²) in [5, 5.41) is 9.12. The third kappa shape index (κ3) is 4.03. The molecule has 5 heteroatoms. The second kappa shape index (κ2) is 7.40. The fraction of sp³-hybridized carbons (Fsp3) is 0.250. The van der Waals surface area contributed by atoms with E-state index in [9.17, 15) is 9.59 Å². The highest BCUT2D eigenvalue weighted by atomic mass is 16.3. The van der Waals surface area contributed by atoms with Gasteiger partial charge >= 0.3 is 0 Å². The van der Waals surface area contributed by atoms with Gasteiger partial charge in [-0.05, 0) is 24.1 Å². The zero-order chi connectivity index (χ0) is 15.1. The van der Waals surface area contributed by atoms with Crippen molar-refractivity contribution in [3.63, 3.8) is 0 Å². The molecule has 0 radical (unpaired) electrons. The molecule has 0 aliphatic carbocycles. The first-order valence-corrected chi connectivity index (χ1v) is 6.83. The Labute approximate surface area is 123 Å². The topological polar surface area (TPSA) is 73.4 Å². The van der Waals surface area contributed by atoms with Gasteiger partial charge in [0.2, 0.25) is 0 Å². The van der Waals surface area contributed by atoms with Crippen molar-refractivity contribution in [3.8, 4) is 0 Å². The molecule has 1 aromatic heterocycles. The Morgan fingerprint density at radius 3 is 2.52 bits per heavy atom. The highest BCUT2D eigenvalue weighted by Crippen LogP contribution is 2.07. The first-order valence-electron chi connectivity index (χ1n) is 6.83. The zero-order valence-corrected chi connectivity index (χ0v) is 11.7. The molecule has 110 valence electrons. The smallest absolute Gasteiger partial charge is 0.270 e. The minimum Gasteiger partial charge on any atom is -0.395 e. The second-order valence-electron chi connectivity index (χ2n) is 4.70. The summed E-state index contributed by atoms with van der Waals surface area (Å²) in [6, 6.07) is 13.0. The Balaban J connectivity index is 2.03. The van der Waals surface area contributed by atoms with Gasteiger partial charge in [-0.2, -0.15) is 0 Å². The van der Waals surface area contributed by atoms with Crippen molar-refractivity contribution >= 4 is 12.2 Å². The number of carbonyl (C=O) groups excluding carboxylic acids is 2. The van der Waals surface area contributed by atoms with E-state index in [0.29, 0.717) is 30.6 Å². The van der Waals surface area contributed by atoms with Crippen LogP contribution in [0.15, 0.2) is 42.5 Å². The van der Waals surface area contributed by atoms with Crippen LogP contribution in [-0.2, 0) is 6.42 Å². The molecular weight excluding hydrogens is 268 g/mol. The number of aromatic amines is 1. The summed E-state index contributed by atoms with van der Waals surface area (Å²) in [6.45, 7) is 0.682. The lowest BCUT2D eigenvalue weighted by molar-refractivity contribution is 0.0719. The van der Waals surface area contributed by atoms with Crippen molar-refractivity contribution in [2.45, 2.75) is 6.42 Å². The van der Waals surface area contributed by atoms with Gasteiger partial charge in [-0.3, -0.25) is 9.59 Å². The number of H-pyrrole nitrogens is 1. The number of nitrogens with one attached hydrogen (secondary N) is 1. The number of rotatable bonds is 7. The van der Waals surface area contributed by atoms with E-state index < -0.39 is 0 Å². The average molecular weight is 286 g/mol. The van der Waals surface area contributed by atoms with Crippen molar-refractivity contribution < 1.29 is 14.7 Å². The number of benzene rings is 1. The van der Waals surface area contributed by atoms with Gasteiger partial charge in [0.1, 0.15) is 5.69 Å². The summed E-state index contributed by atoms with van der Waals surface area (Å²) in [6.07, 6.45) is 1.38. The maximum Gasteiger partial charge on any atom is 0.270 e. The molecule has 0 aliphatic heterocycles. The van der Waals surface area contributed by atoms with E-state index in [0.717, 1.165) is 5.56 Å². The molecule has 2 rings (SSSR count). The van der Waals surface area contributed by atoms with Crippen molar-refractivity contribution in [2.75, 3.05) is 19.7 Å². The number of nitrogens with zero attached hydrogens (tertiary/aromatic N) is 1. The summed E-state index contributed by atoms with van der Waals surface area (Å²) in [4.78, 5) is 27.3. The highest BCUT2D eigenvalue weighted by Gasteiger charge is 2.16. The second-order valence-corrected chi connectivity index (χ2v) is 4.70. The standard InChI is InChI=1S/C16H18N2O3/c19-11-10-18(9-8-13-4-2-1-3-5-13)16(21)15-7-6-14(12-20)17-15/h1-7,12,17,19H,8-11H2. The summed E-state index contributed by atoms with van der Waals surface area (Å²) < 4.78 is 0. The molecule has 1 amide bonds. The number of aldehydes is 1. The minimum absolute atomic E-state index is 0.0955. The average Bonchev–Trinajstić information content (AvgIpc) is 3.01. The molecule has 5 nitrogen and oxygen atoms in total. The van der Waals surface area contributed by atoms with Gasteiger partial charge in [0.25, 0.3) is 5.91 Å². The Bertz CT molecular complexity index is 593. The van der Waals surface area contributed by atoms with Gasteiger partial charge in [0, 0.05) is 13.1 Å². The van der Waals surface area contributed by atoms with E-state index in [4.69, 9.17) is 5.11 Å². The maximum absolute atomic E-state index is 12.4. The van der Waals surface area contributed by atoms with Crippen LogP contribution in [0.3, 0.4) is 0 Å². The molecule has 0 saturated heterocycles. The fourth-order valence-electron chi connectivity index (χ4n) is 2.12. The van der Waals surface area contributed by atoms with Gasteiger partial charge in [0.05, 0.1) is 12.3 Å². The Hall–Kier alpha value is -2.40. The number of aromatic nitrogens is 1. The first-order chi connectivity index (χ1) is 10.2. The van der Waals surface area contributed by atoms with Crippen LogP contribution in [0.25, 0.3) is 0 Å². The van der Waals surface area contributed by atoms with Crippen LogP contribution in [0, 0.1) is 0 Å². The van der Waals surface area contributed by atoms with E-state index in [-0.39, 0.29) is 19.1 Å². The van der Waals surface area contributed by atoms with Crippen LogP contribution >= 0.6 is 0 Å². The Morgan fingerprint density at radius 2 is 1.90 bits per heavy atom. The van der Waals surface area contributed by atoms with Crippen molar-refractivity contribution in [3.05, 3.63) is 59.4 Å². The monoisotopic (exact) mass is 286 g/mol. The molecule has 0 saturated carbocycles. The molecule has 21 heavy (non-hydrogen) atoms. The Kier molecular flexibility index (Phi) is 5.29. The predicted molar refractivity (Wildman–Crippen MR) is 79.3 cm³/mol. The molecule has 2 N–H and O–H groups in total. The quantitative estimate of drug-likeness (QED) is 0.758. The number of aliphatic hydroxyl groups excluding tert-OH is 1. The van der Waals surface area contributed by atoms with Crippen LogP contribution in [0.1, 0.15) is 26.5 Å². The Morgan fingerprint density at radius 1 is 1.14 bits per heavy atom. The number of hydrogen-bond donors (Lipinski definition) is 2. The van der Waals surface area contributed by atoms with E-state index in [1.165, 1.54) is 0 Å². The van der Waals surface area contributed by atoms with Gasteiger partial charge < -0.3 is 15.0 Å². The molecule has 0 aliphatic rings. The largest absolute Gasteiger partial charge is 0.395 e. The van der Waals surface area contributed by atoms with Crippen LogP contribution < -0.4 is 0 Å². The summed E-state index contributed by atoms with van der Waals surface area (Å²) in [5.74, 6) is -0.215. The lowest BCUT2D eigenvalue weighted by Crippen LogP contribution is -2.35. The maximum atomic E-state index is 12.4. The summed E-state index contributed by atoms with van der Waals surface area (Å²) in [7, 11) is 0. The molecule has 2 aromatic rings. The third-order valence-electron chi connectivity index (χ3n) is 3.24. The van der Waals surface area contributed by atoms with Crippen molar-refractivity contribution in [2.24, 2.45) is 0 Å². The predicted octanol–water partition coefficient (Wildman–Crippen LogP) is 1.50. The SMILES string of the molecule is O=Cc1ccc(C(=O)N(CCO)CCc2ccccc2)[nH]1. The first kappa shape index (κ1) is 15.0. The lowest BCUT2D eigenvalue weighted by atomic mass is 10.1. The molecule has 0 unspecified atom stereocenters. The molecule has 1 heterocycles. The van der Waals surface area contributed by atoms with Gasteiger partial charge in [-0.25, -0.2) is 0 Å².